The molecule has 1 N–H and O–H groups in total. The fraction of sp³-hybridized carbons (Fsp3) is 0.360. The van der Waals surface area contributed by atoms with Gasteiger partial charge in [0.05, 0.1) is 29.6 Å². The molecule has 0 amide bonds. The molecule has 0 atom stereocenters. The van der Waals surface area contributed by atoms with E-state index in [0.717, 1.165) is 51.8 Å². The molecule has 4 heterocycles. The van der Waals surface area contributed by atoms with Gasteiger partial charge in [0.25, 0.3) is 0 Å². The van der Waals surface area contributed by atoms with E-state index in [4.69, 9.17) is 9.72 Å². The van der Waals surface area contributed by atoms with Crippen molar-refractivity contribution in [3.63, 3.8) is 0 Å². The Morgan fingerprint density at radius 3 is 2.32 bits per heavy atom. The van der Waals surface area contributed by atoms with Crippen molar-refractivity contribution in [2.24, 2.45) is 0 Å². The number of halogens is 1. The van der Waals surface area contributed by atoms with Gasteiger partial charge in [-0.25, -0.2) is 15.0 Å². The first-order valence-corrected chi connectivity index (χ1v) is 12.5. The highest BCUT2D eigenvalue weighted by Crippen LogP contribution is 2.26. The number of nitrogens with one attached hydrogen (secondary N) is 1. The van der Waals surface area contributed by atoms with Gasteiger partial charge in [-0.3, -0.25) is 0 Å². The van der Waals surface area contributed by atoms with Crippen molar-refractivity contribution in [1.29, 1.82) is 0 Å². The fourth-order valence-electron chi connectivity index (χ4n) is 3.38. The molecule has 1 aliphatic heterocycles. The molecule has 34 heavy (non-hydrogen) atoms. The Kier molecular flexibility index (Phi) is 9.78. The Bertz CT molecular complexity index is 1140. The van der Waals surface area contributed by atoms with Crippen LogP contribution in [0.25, 0.3) is 16.9 Å². The monoisotopic (exact) mass is 525 g/mol. The molecular weight excluding hydrogens is 494 g/mol. The molecule has 1 fully saturated rings. The third kappa shape index (κ3) is 6.09. The summed E-state index contributed by atoms with van der Waals surface area (Å²) in [5.74, 6) is 1.59. The van der Waals surface area contributed by atoms with Gasteiger partial charge in [-0.2, -0.15) is 9.61 Å². The number of morpholine rings is 1. The maximum atomic E-state index is 5.39. The first-order valence-electron chi connectivity index (χ1n) is 11.7. The minimum Gasteiger partial charge on any atom is -0.378 e. The minimum atomic E-state index is 0.578. The van der Waals surface area contributed by atoms with Crippen LogP contribution < -0.4 is 10.2 Å². The van der Waals surface area contributed by atoms with E-state index in [1.54, 1.807) is 10.7 Å². The quantitative estimate of drug-likeness (QED) is 0.371. The molecule has 0 spiro atoms. The molecule has 0 unspecified atom stereocenters. The minimum absolute atomic E-state index is 0.578. The van der Waals surface area contributed by atoms with Crippen LogP contribution in [0, 0.1) is 0 Å². The van der Waals surface area contributed by atoms with Gasteiger partial charge >= 0.3 is 0 Å². The van der Waals surface area contributed by atoms with E-state index in [-0.39, 0.29) is 0 Å². The lowest BCUT2D eigenvalue weighted by Crippen LogP contribution is -2.37. The largest absolute Gasteiger partial charge is 0.378 e. The number of hydrogen-bond acceptors (Lipinski definition) is 7. The van der Waals surface area contributed by atoms with Crippen LogP contribution in [0.2, 0.25) is 0 Å². The van der Waals surface area contributed by atoms with E-state index in [2.05, 4.69) is 41.2 Å². The van der Waals surface area contributed by atoms with Gasteiger partial charge in [-0.1, -0.05) is 58.0 Å². The number of benzene rings is 1. The Morgan fingerprint density at radius 1 is 0.971 bits per heavy atom. The average Bonchev–Trinajstić information content (AvgIpc) is 3.31. The van der Waals surface area contributed by atoms with E-state index >= 15 is 0 Å². The zero-order valence-electron chi connectivity index (χ0n) is 20.2. The Morgan fingerprint density at radius 2 is 1.65 bits per heavy atom. The normalized spacial score (nSPS) is 12.9. The molecule has 1 aliphatic rings. The van der Waals surface area contributed by atoms with Crippen LogP contribution >= 0.6 is 15.9 Å². The van der Waals surface area contributed by atoms with E-state index < -0.39 is 0 Å². The maximum absolute atomic E-state index is 5.39. The summed E-state index contributed by atoms with van der Waals surface area (Å²) in [6.45, 7) is 11.7. The number of aromatic nitrogens is 5. The summed E-state index contributed by atoms with van der Waals surface area (Å²) in [6, 6.07) is 12.1. The van der Waals surface area contributed by atoms with Crippen LogP contribution in [-0.2, 0) is 11.3 Å². The third-order valence-electron chi connectivity index (χ3n) is 4.96. The molecule has 3 aromatic heterocycles. The lowest BCUT2D eigenvalue weighted by atomic mass is 10.1. The predicted octanol–water partition coefficient (Wildman–Crippen LogP) is 5.45. The third-order valence-corrected chi connectivity index (χ3v) is 5.52. The number of anilines is 2. The van der Waals surface area contributed by atoms with Crippen LogP contribution in [0.3, 0.4) is 0 Å². The summed E-state index contributed by atoms with van der Waals surface area (Å²) in [7, 11) is 0. The van der Waals surface area contributed by atoms with Gasteiger partial charge in [0.2, 0.25) is 5.95 Å². The Hall–Kier alpha value is -3.04. The molecule has 0 saturated carbocycles. The van der Waals surface area contributed by atoms with E-state index in [9.17, 15) is 0 Å². The molecule has 0 radical (unpaired) electrons. The highest BCUT2D eigenvalue weighted by atomic mass is 79.9. The number of fused-ring (bicyclic) bond motifs is 1. The molecular formula is C25H32BrN7O. The molecule has 5 rings (SSSR count). The lowest BCUT2D eigenvalue weighted by Gasteiger charge is -2.26. The first kappa shape index (κ1) is 25.6. The van der Waals surface area contributed by atoms with Gasteiger partial charge in [-0.05, 0) is 15.9 Å². The smallest absolute Gasteiger partial charge is 0.225 e. The molecule has 180 valence electrons. The number of rotatable bonds is 5. The second-order valence-electron chi connectivity index (χ2n) is 6.96. The standard InChI is InChI=1S/C21H20BrN7O.2C2H6/c22-17-14-26-29-19(10-18(27-20(17)29)16-4-2-1-3-5-16)23-11-15-12-24-21(25-13-15)28-6-8-30-9-7-28;2*1-2/h1-5,10,12-14,23H,6-9,11H2;2*1-2H3. The topological polar surface area (TPSA) is 80.5 Å². The summed E-state index contributed by atoms with van der Waals surface area (Å²) in [4.78, 5) is 15.9. The van der Waals surface area contributed by atoms with Crippen LogP contribution in [0.15, 0.2) is 59.5 Å². The number of hydrogen-bond donors (Lipinski definition) is 1. The molecule has 0 bridgehead atoms. The van der Waals surface area contributed by atoms with Crippen molar-refractivity contribution in [2.45, 2.75) is 34.2 Å². The maximum Gasteiger partial charge on any atom is 0.225 e. The summed E-state index contributed by atoms with van der Waals surface area (Å²) in [6.07, 6.45) is 5.48. The summed E-state index contributed by atoms with van der Waals surface area (Å²) < 4.78 is 8.03. The average molecular weight is 526 g/mol. The van der Waals surface area contributed by atoms with Crippen LogP contribution in [0.1, 0.15) is 33.3 Å². The summed E-state index contributed by atoms with van der Waals surface area (Å²) >= 11 is 3.54. The van der Waals surface area contributed by atoms with E-state index in [1.165, 1.54) is 0 Å². The van der Waals surface area contributed by atoms with Crippen LogP contribution in [-0.4, -0.2) is 50.9 Å². The van der Waals surface area contributed by atoms with Gasteiger partial charge in [-0.15, -0.1) is 0 Å². The van der Waals surface area contributed by atoms with Crippen molar-refractivity contribution in [1.82, 2.24) is 24.6 Å². The summed E-state index contributed by atoms with van der Waals surface area (Å²) in [5.41, 5.74) is 3.68. The zero-order chi connectivity index (χ0) is 24.3. The Balaban J connectivity index is 0.000000771. The molecule has 8 nitrogen and oxygen atoms in total. The van der Waals surface area contributed by atoms with Crippen LogP contribution in [0.5, 0.6) is 0 Å². The van der Waals surface area contributed by atoms with Gasteiger partial charge in [0.1, 0.15) is 5.82 Å². The SMILES string of the molecule is Brc1cnn2c(NCc3cnc(N4CCOCC4)nc3)cc(-c3ccccc3)nc12.CC.CC. The van der Waals surface area contributed by atoms with E-state index in [1.807, 2.05) is 76.5 Å². The highest BCUT2D eigenvalue weighted by Gasteiger charge is 2.14. The van der Waals surface area contributed by atoms with Gasteiger partial charge in [0.15, 0.2) is 5.65 Å². The molecule has 1 aromatic carbocycles. The fourth-order valence-corrected chi connectivity index (χ4v) is 3.73. The zero-order valence-corrected chi connectivity index (χ0v) is 21.8. The van der Waals surface area contributed by atoms with Crippen molar-refractivity contribution in [2.75, 3.05) is 36.5 Å². The predicted molar refractivity (Wildman–Crippen MR) is 141 cm³/mol. The second kappa shape index (κ2) is 13.0. The lowest BCUT2D eigenvalue weighted by molar-refractivity contribution is 0.122. The molecule has 1 saturated heterocycles. The van der Waals surface area contributed by atoms with Crippen LogP contribution in [0.4, 0.5) is 11.8 Å². The molecule has 0 aliphatic carbocycles. The molecule has 9 heteroatoms. The summed E-state index contributed by atoms with van der Waals surface area (Å²) in [5, 5.41) is 7.89. The van der Waals surface area contributed by atoms with E-state index in [0.29, 0.717) is 19.8 Å². The van der Waals surface area contributed by atoms with Crippen molar-refractivity contribution >= 4 is 33.3 Å². The van der Waals surface area contributed by atoms with Gasteiger partial charge < -0.3 is 15.0 Å². The van der Waals surface area contributed by atoms with Crippen molar-refractivity contribution < 1.29 is 4.74 Å². The number of ether oxygens (including phenoxy) is 1. The number of nitrogens with zero attached hydrogens (tertiary/aromatic N) is 6. The first-order chi connectivity index (χ1) is 16.8. The molecule has 4 aromatic rings. The highest BCUT2D eigenvalue weighted by molar-refractivity contribution is 9.10. The van der Waals surface area contributed by atoms with Crippen molar-refractivity contribution in [3.05, 3.63) is 65.0 Å². The second-order valence-corrected chi connectivity index (χ2v) is 7.82. The van der Waals surface area contributed by atoms with Gasteiger partial charge in [0, 0.05) is 49.2 Å². The Labute approximate surface area is 209 Å². The van der Waals surface area contributed by atoms with Crippen molar-refractivity contribution in [3.8, 4) is 11.3 Å².